The third-order valence-electron chi connectivity index (χ3n) is 3.77. The fourth-order valence-corrected chi connectivity index (χ4v) is 2.93. The number of thiophene rings is 1. The van der Waals surface area contributed by atoms with Gasteiger partial charge in [-0.25, -0.2) is 4.79 Å². The molecule has 0 fully saturated rings. The molecule has 1 amide bonds. The fourth-order valence-electron chi connectivity index (χ4n) is 2.29. The smallest absolute Gasteiger partial charge is 0.330 e. The van der Waals surface area contributed by atoms with Crippen molar-refractivity contribution in [1.29, 1.82) is 0 Å². The number of hydrogen-bond acceptors (Lipinski definition) is 8. The number of esters is 1. The number of amides is 1. The van der Waals surface area contributed by atoms with Crippen molar-refractivity contribution in [3.05, 3.63) is 47.3 Å². The van der Waals surface area contributed by atoms with Crippen LogP contribution in [0.4, 0.5) is 5.69 Å². The average Bonchev–Trinajstić information content (AvgIpc) is 3.36. The summed E-state index contributed by atoms with van der Waals surface area (Å²) in [6.07, 6.45) is 0. The van der Waals surface area contributed by atoms with Gasteiger partial charge in [0.1, 0.15) is 0 Å². The van der Waals surface area contributed by atoms with Gasteiger partial charge in [0.25, 0.3) is 5.91 Å². The molecule has 1 N–H and O–H groups in total. The van der Waals surface area contributed by atoms with Gasteiger partial charge < -0.3 is 15.0 Å². The molecule has 0 saturated heterocycles. The minimum absolute atomic E-state index is 0.211. The molecule has 0 aliphatic rings. The van der Waals surface area contributed by atoms with Gasteiger partial charge in [-0.2, -0.15) is 4.80 Å². The Bertz CT molecular complexity index is 921. The van der Waals surface area contributed by atoms with E-state index in [1.54, 1.807) is 0 Å². The van der Waals surface area contributed by atoms with E-state index in [-0.39, 0.29) is 19.1 Å². The lowest BCUT2D eigenvalue weighted by Gasteiger charge is -2.13. The van der Waals surface area contributed by atoms with Crippen molar-refractivity contribution in [3.63, 3.8) is 0 Å². The molecule has 0 atom stereocenters. The molecule has 146 valence electrons. The fraction of sp³-hybridized carbons (Fsp3) is 0.278. The SMILES string of the molecule is CN(C)c1ccc(CNC(=O)COC(=O)Cn2nnc(-c3cccs3)n2)cc1. The van der Waals surface area contributed by atoms with Crippen LogP contribution in [0.3, 0.4) is 0 Å². The van der Waals surface area contributed by atoms with Crippen molar-refractivity contribution in [3.8, 4) is 10.7 Å². The second-order valence-corrected chi connectivity index (χ2v) is 7.07. The largest absolute Gasteiger partial charge is 0.454 e. The van der Waals surface area contributed by atoms with Crippen LogP contribution in [0.1, 0.15) is 5.56 Å². The van der Waals surface area contributed by atoms with Crippen LogP contribution in [-0.2, 0) is 27.4 Å². The average molecular weight is 400 g/mol. The first-order chi connectivity index (χ1) is 13.5. The summed E-state index contributed by atoms with van der Waals surface area (Å²) in [5, 5.41) is 16.4. The van der Waals surface area contributed by atoms with E-state index in [0.29, 0.717) is 12.4 Å². The van der Waals surface area contributed by atoms with Crippen LogP contribution in [0, 0.1) is 0 Å². The number of aromatic nitrogens is 4. The van der Waals surface area contributed by atoms with E-state index in [1.807, 2.05) is 60.8 Å². The Balaban J connectivity index is 1.40. The molecule has 9 nitrogen and oxygen atoms in total. The Morgan fingerprint density at radius 3 is 2.68 bits per heavy atom. The van der Waals surface area contributed by atoms with Crippen molar-refractivity contribution in [1.82, 2.24) is 25.5 Å². The van der Waals surface area contributed by atoms with E-state index in [1.165, 1.54) is 11.3 Å². The van der Waals surface area contributed by atoms with Gasteiger partial charge >= 0.3 is 5.97 Å². The van der Waals surface area contributed by atoms with E-state index in [4.69, 9.17) is 4.74 Å². The number of nitrogens with zero attached hydrogens (tertiary/aromatic N) is 5. The van der Waals surface area contributed by atoms with E-state index >= 15 is 0 Å². The maximum absolute atomic E-state index is 11.9. The van der Waals surface area contributed by atoms with Crippen LogP contribution in [0.15, 0.2) is 41.8 Å². The number of anilines is 1. The summed E-state index contributed by atoms with van der Waals surface area (Å²) in [6.45, 7) is -0.211. The Morgan fingerprint density at radius 2 is 2.00 bits per heavy atom. The quantitative estimate of drug-likeness (QED) is 0.569. The molecule has 3 aromatic rings. The summed E-state index contributed by atoms with van der Waals surface area (Å²) in [5.74, 6) is -0.544. The normalized spacial score (nSPS) is 10.5. The van der Waals surface area contributed by atoms with Gasteiger partial charge in [-0.05, 0) is 34.4 Å². The number of ether oxygens (including phenoxy) is 1. The molecular weight excluding hydrogens is 380 g/mol. The van der Waals surface area contributed by atoms with E-state index in [2.05, 4.69) is 20.7 Å². The zero-order valence-corrected chi connectivity index (χ0v) is 16.3. The summed E-state index contributed by atoms with van der Waals surface area (Å²) >= 11 is 1.48. The highest BCUT2D eigenvalue weighted by atomic mass is 32.1. The van der Waals surface area contributed by atoms with E-state index < -0.39 is 5.97 Å². The molecular formula is C18H20N6O3S. The van der Waals surface area contributed by atoms with Gasteiger partial charge in [0.05, 0.1) is 4.88 Å². The molecule has 0 radical (unpaired) electrons. The Hall–Kier alpha value is -3.27. The lowest BCUT2D eigenvalue weighted by molar-refractivity contribution is -0.149. The van der Waals surface area contributed by atoms with Gasteiger partial charge in [0.2, 0.25) is 5.82 Å². The number of benzene rings is 1. The standard InChI is InChI=1S/C18H20N6O3S/c1-23(2)14-7-5-13(6-8-14)10-19-16(25)12-27-17(26)11-24-21-18(20-22-24)15-4-3-9-28-15/h3-9H,10-12H2,1-2H3,(H,19,25). The van der Waals surface area contributed by atoms with Crippen LogP contribution in [0.2, 0.25) is 0 Å². The maximum Gasteiger partial charge on any atom is 0.330 e. The molecule has 0 aliphatic heterocycles. The number of carbonyl (C=O) groups is 2. The first-order valence-corrected chi connectivity index (χ1v) is 9.39. The topological polar surface area (TPSA) is 102 Å². The number of tetrazole rings is 1. The Kier molecular flexibility index (Phi) is 6.33. The highest BCUT2D eigenvalue weighted by molar-refractivity contribution is 7.13. The first kappa shape index (κ1) is 19.5. The lowest BCUT2D eigenvalue weighted by atomic mass is 10.2. The number of carbonyl (C=O) groups excluding carboxylic acids is 2. The molecule has 10 heteroatoms. The second kappa shape index (κ2) is 9.09. The molecule has 3 rings (SSSR count). The zero-order valence-electron chi connectivity index (χ0n) is 15.5. The van der Waals surface area contributed by atoms with Gasteiger partial charge in [0.15, 0.2) is 13.2 Å². The molecule has 0 spiro atoms. The summed E-state index contributed by atoms with van der Waals surface area (Å²) < 4.78 is 4.96. The van der Waals surface area contributed by atoms with Gasteiger partial charge in [0, 0.05) is 26.3 Å². The van der Waals surface area contributed by atoms with Crippen molar-refractivity contribution in [2.45, 2.75) is 13.1 Å². The van der Waals surface area contributed by atoms with Crippen LogP contribution >= 0.6 is 11.3 Å². The van der Waals surface area contributed by atoms with Crippen molar-refractivity contribution >= 4 is 28.9 Å². The lowest BCUT2D eigenvalue weighted by Crippen LogP contribution is -2.29. The van der Waals surface area contributed by atoms with Gasteiger partial charge in [-0.1, -0.05) is 18.2 Å². The highest BCUT2D eigenvalue weighted by Gasteiger charge is 2.12. The molecule has 0 saturated carbocycles. The third kappa shape index (κ3) is 5.36. The molecule has 2 heterocycles. The minimum Gasteiger partial charge on any atom is -0.454 e. The number of rotatable bonds is 8. The second-order valence-electron chi connectivity index (χ2n) is 6.12. The molecule has 0 bridgehead atoms. The first-order valence-electron chi connectivity index (χ1n) is 8.51. The monoisotopic (exact) mass is 400 g/mol. The van der Waals surface area contributed by atoms with Crippen LogP contribution in [0.25, 0.3) is 10.7 Å². The predicted molar refractivity (Wildman–Crippen MR) is 105 cm³/mol. The predicted octanol–water partition coefficient (Wildman–Crippen LogP) is 1.33. The third-order valence-corrected chi connectivity index (χ3v) is 4.64. The van der Waals surface area contributed by atoms with Crippen molar-refractivity contribution < 1.29 is 14.3 Å². The summed E-state index contributed by atoms with van der Waals surface area (Å²) in [6, 6.07) is 11.5. The Morgan fingerprint density at radius 1 is 1.21 bits per heavy atom. The maximum atomic E-state index is 11.9. The zero-order chi connectivity index (χ0) is 19.9. The number of nitrogens with one attached hydrogen (secondary N) is 1. The molecule has 0 aliphatic carbocycles. The molecule has 28 heavy (non-hydrogen) atoms. The van der Waals surface area contributed by atoms with Crippen molar-refractivity contribution in [2.24, 2.45) is 0 Å². The van der Waals surface area contributed by atoms with Gasteiger partial charge in [-0.3, -0.25) is 4.79 Å². The molecule has 1 aromatic carbocycles. The molecule has 2 aromatic heterocycles. The highest BCUT2D eigenvalue weighted by Crippen LogP contribution is 2.19. The number of hydrogen-bond donors (Lipinski definition) is 1. The van der Waals surface area contributed by atoms with Crippen molar-refractivity contribution in [2.75, 3.05) is 25.6 Å². The minimum atomic E-state index is -0.611. The summed E-state index contributed by atoms with van der Waals surface area (Å²) in [7, 11) is 3.92. The van der Waals surface area contributed by atoms with Gasteiger partial charge in [-0.15, -0.1) is 21.5 Å². The Labute approximate surface area is 165 Å². The van der Waals surface area contributed by atoms with Crippen LogP contribution in [-0.4, -0.2) is 52.8 Å². The van der Waals surface area contributed by atoms with E-state index in [9.17, 15) is 9.59 Å². The molecule has 0 unspecified atom stereocenters. The van der Waals surface area contributed by atoms with E-state index in [0.717, 1.165) is 20.9 Å². The van der Waals surface area contributed by atoms with Crippen LogP contribution < -0.4 is 10.2 Å². The van der Waals surface area contributed by atoms with Crippen LogP contribution in [0.5, 0.6) is 0 Å². The summed E-state index contributed by atoms with van der Waals surface area (Å²) in [4.78, 5) is 27.7. The summed E-state index contributed by atoms with van der Waals surface area (Å²) in [5.41, 5.74) is 2.03.